The first kappa shape index (κ1) is 14.2. The van der Waals surface area contributed by atoms with E-state index in [4.69, 9.17) is 4.74 Å². The van der Waals surface area contributed by atoms with E-state index in [0.29, 0.717) is 13.2 Å². The number of carbonyl (C=O) groups is 2. The molecule has 0 aromatic heterocycles. The molecule has 1 aromatic rings. The minimum Gasteiger partial charge on any atom is -0.491 e. The van der Waals surface area contributed by atoms with Crippen molar-refractivity contribution in [2.24, 2.45) is 0 Å². The van der Waals surface area contributed by atoms with Crippen molar-refractivity contribution in [2.75, 3.05) is 13.2 Å². The second kappa shape index (κ2) is 7.48. The number of hydrogen-bond acceptors (Lipinski definition) is 3. The van der Waals surface area contributed by atoms with Gasteiger partial charge in [0, 0.05) is 0 Å². The Morgan fingerprint density at radius 1 is 1.44 bits per heavy atom. The minimum atomic E-state index is -0.615. The Kier molecular flexibility index (Phi) is 5.91. The van der Waals surface area contributed by atoms with Crippen LogP contribution in [0.4, 0.5) is 0 Å². The van der Waals surface area contributed by atoms with Gasteiger partial charge in [0.2, 0.25) is 6.29 Å². The normalized spacial score (nSPS) is 9.89. The zero-order chi connectivity index (χ0) is 13.4. The van der Waals surface area contributed by atoms with E-state index in [1.165, 1.54) is 11.1 Å². The molecule has 0 heterocycles. The van der Waals surface area contributed by atoms with E-state index in [0.717, 1.165) is 18.6 Å². The summed E-state index contributed by atoms with van der Waals surface area (Å²) in [6, 6.07) is 6.06. The molecule has 98 valence electrons. The number of aldehydes is 1. The molecule has 1 N–H and O–H groups in total. The van der Waals surface area contributed by atoms with E-state index < -0.39 is 5.91 Å². The number of amides is 1. The van der Waals surface area contributed by atoms with Crippen molar-refractivity contribution >= 4 is 12.2 Å². The molecule has 4 heteroatoms. The van der Waals surface area contributed by atoms with Crippen molar-refractivity contribution in [1.82, 2.24) is 5.32 Å². The molecule has 0 saturated heterocycles. The van der Waals surface area contributed by atoms with Crippen molar-refractivity contribution in [3.05, 3.63) is 29.3 Å². The van der Waals surface area contributed by atoms with Gasteiger partial charge >= 0.3 is 0 Å². The number of nitrogens with one attached hydrogen (secondary N) is 1. The van der Waals surface area contributed by atoms with Crippen LogP contribution in [0.5, 0.6) is 5.75 Å². The molecule has 18 heavy (non-hydrogen) atoms. The smallest absolute Gasteiger partial charge is 0.284 e. The monoisotopic (exact) mass is 249 g/mol. The van der Waals surface area contributed by atoms with E-state index in [-0.39, 0.29) is 6.29 Å². The van der Waals surface area contributed by atoms with Gasteiger partial charge in [-0.15, -0.1) is 0 Å². The topological polar surface area (TPSA) is 55.4 Å². The predicted molar refractivity (Wildman–Crippen MR) is 69.7 cm³/mol. The van der Waals surface area contributed by atoms with Gasteiger partial charge in [-0.3, -0.25) is 9.59 Å². The average molecular weight is 249 g/mol. The predicted octanol–water partition coefficient (Wildman–Crippen LogP) is 1.64. The minimum absolute atomic E-state index is 0.258. The fourth-order valence-electron chi connectivity index (χ4n) is 1.69. The van der Waals surface area contributed by atoms with Crippen molar-refractivity contribution < 1.29 is 14.3 Å². The van der Waals surface area contributed by atoms with Crippen LogP contribution in [-0.4, -0.2) is 25.3 Å². The number of benzene rings is 1. The first-order valence-corrected chi connectivity index (χ1v) is 6.12. The molecule has 0 aliphatic heterocycles. The van der Waals surface area contributed by atoms with E-state index in [1.807, 2.05) is 19.1 Å². The molecule has 0 aliphatic rings. The molecule has 0 fully saturated rings. The van der Waals surface area contributed by atoms with E-state index in [2.05, 4.69) is 18.3 Å². The number of carbonyl (C=O) groups excluding carboxylic acids is 2. The second-order valence-electron chi connectivity index (χ2n) is 4.12. The van der Waals surface area contributed by atoms with Gasteiger partial charge in [0.15, 0.2) is 0 Å². The first-order chi connectivity index (χ1) is 8.67. The first-order valence-electron chi connectivity index (χ1n) is 6.12. The fourth-order valence-corrected chi connectivity index (χ4v) is 1.69. The summed E-state index contributed by atoms with van der Waals surface area (Å²) in [4.78, 5) is 20.8. The Morgan fingerprint density at radius 3 is 2.89 bits per heavy atom. The molecular formula is C14H19NO3. The molecule has 0 bridgehead atoms. The molecule has 0 aliphatic carbocycles. The Labute approximate surface area is 107 Å². The Bertz CT molecular complexity index is 416. The lowest BCUT2D eigenvalue weighted by Gasteiger charge is -2.12. The highest BCUT2D eigenvalue weighted by atomic mass is 16.5. The number of rotatable bonds is 7. The van der Waals surface area contributed by atoms with Crippen molar-refractivity contribution in [1.29, 1.82) is 0 Å². The molecule has 4 nitrogen and oxygen atoms in total. The maximum Gasteiger partial charge on any atom is 0.284 e. The Morgan fingerprint density at radius 2 is 2.22 bits per heavy atom. The van der Waals surface area contributed by atoms with Gasteiger partial charge in [-0.25, -0.2) is 0 Å². The highest BCUT2D eigenvalue weighted by Gasteiger charge is 2.03. The van der Waals surface area contributed by atoms with Crippen LogP contribution < -0.4 is 10.1 Å². The van der Waals surface area contributed by atoms with E-state index in [9.17, 15) is 9.59 Å². The summed E-state index contributed by atoms with van der Waals surface area (Å²) in [6.07, 6.45) is 2.29. The second-order valence-corrected chi connectivity index (χ2v) is 4.12. The maximum atomic E-state index is 10.7. The molecule has 0 saturated carbocycles. The third kappa shape index (κ3) is 4.57. The molecule has 1 aromatic carbocycles. The number of hydrogen-bond donors (Lipinski definition) is 1. The quantitative estimate of drug-likeness (QED) is 0.454. The third-order valence-electron chi connectivity index (χ3n) is 2.50. The summed E-state index contributed by atoms with van der Waals surface area (Å²) >= 11 is 0. The zero-order valence-corrected chi connectivity index (χ0v) is 10.9. The van der Waals surface area contributed by atoms with Crippen LogP contribution >= 0.6 is 0 Å². The Balaban J connectivity index is 2.50. The van der Waals surface area contributed by atoms with Gasteiger partial charge < -0.3 is 10.1 Å². The highest BCUT2D eigenvalue weighted by Crippen LogP contribution is 2.21. The highest BCUT2D eigenvalue weighted by molar-refractivity contribution is 6.23. The Hall–Kier alpha value is -1.84. The summed E-state index contributed by atoms with van der Waals surface area (Å²) in [5.74, 6) is 0.235. The lowest BCUT2D eigenvalue weighted by Crippen LogP contribution is -2.28. The van der Waals surface area contributed by atoms with Crippen LogP contribution in [0, 0.1) is 6.92 Å². The van der Waals surface area contributed by atoms with Crippen LogP contribution in [0.15, 0.2) is 18.2 Å². The van der Waals surface area contributed by atoms with Gasteiger partial charge in [0.25, 0.3) is 5.91 Å². The average Bonchev–Trinajstić information content (AvgIpc) is 2.36. The van der Waals surface area contributed by atoms with Gasteiger partial charge in [-0.1, -0.05) is 31.0 Å². The van der Waals surface area contributed by atoms with Crippen LogP contribution in [0.1, 0.15) is 24.5 Å². The standard InChI is InChI=1S/C14H19NO3/c1-3-4-12-9-11(2)5-6-13(12)18-8-7-15-14(17)10-16/h5-6,9-10H,3-4,7-8H2,1-2H3,(H,15,17). The lowest BCUT2D eigenvalue weighted by atomic mass is 10.1. The molecule has 1 amide bonds. The molecule has 0 spiro atoms. The maximum absolute atomic E-state index is 10.7. The summed E-state index contributed by atoms with van der Waals surface area (Å²) in [6.45, 7) is 4.86. The van der Waals surface area contributed by atoms with E-state index in [1.54, 1.807) is 0 Å². The fraction of sp³-hybridized carbons (Fsp3) is 0.429. The molecule has 0 radical (unpaired) electrons. The SMILES string of the molecule is CCCc1cc(C)ccc1OCCNC(=O)C=O. The summed E-state index contributed by atoms with van der Waals surface area (Å²) < 4.78 is 5.61. The van der Waals surface area contributed by atoms with Crippen molar-refractivity contribution in [3.8, 4) is 5.75 Å². The lowest BCUT2D eigenvalue weighted by molar-refractivity contribution is -0.131. The van der Waals surface area contributed by atoms with Gasteiger partial charge in [-0.2, -0.15) is 0 Å². The summed E-state index contributed by atoms with van der Waals surface area (Å²) in [7, 11) is 0. The van der Waals surface area contributed by atoms with E-state index >= 15 is 0 Å². The van der Waals surface area contributed by atoms with Crippen LogP contribution in [0.3, 0.4) is 0 Å². The van der Waals surface area contributed by atoms with Crippen LogP contribution in [-0.2, 0) is 16.0 Å². The van der Waals surface area contributed by atoms with Crippen LogP contribution in [0.2, 0.25) is 0 Å². The zero-order valence-electron chi connectivity index (χ0n) is 10.9. The summed E-state index contributed by atoms with van der Waals surface area (Å²) in [5, 5.41) is 2.43. The molecule has 0 unspecified atom stereocenters. The van der Waals surface area contributed by atoms with Gasteiger partial charge in [-0.05, 0) is 25.0 Å². The number of aryl methyl sites for hydroxylation is 2. The molecule has 0 atom stereocenters. The van der Waals surface area contributed by atoms with Gasteiger partial charge in [0.05, 0.1) is 6.54 Å². The third-order valence-corrected chi connectivity index (χ3v) is 2.50. The summed E-state index contributed by atoms with van der Waals surface area (Å²) in [5.41, 5.74) is 2.39. The van der Waals surface area contributed by atoms with Crippen LogP contribution in [0.25, 0.3) is 0 Å². The van der Waals surface area contributed by atoms with Crippen molar-refractivity contribution in [2.45, 2.75) is 26.7 Å². The molecular weight excluding hydrogens is 230 g/mol. The number of ether oxygens (including phenoxy) is 1. The van der Waals surface area contributed by atoms with Crippen molar-refractivity contribution in [3.63, 3.8) is 0 Å². The molecule has 1 rings (SSSR count). The van der Waals surface area contributed by atoms with Gasteiger partial charge in [0.1, 0.15) is 12.4 Å². The largest absolute Gasteiger partial charge is 0.491 e.